The zero-order valence-corrected chi connectivity index (χ0v) is 13.3. The third-order valence-corrected chi connectivity index (χ3v) is 4.16. The van der Waals surface area contributed by atoms with Crippen LogP contribution in [0.5, 0.6) is 5.75 Å². The first-order chi connectivity index (χ1) is 11.3. The van der Waals surface area contributed by atoms with Crippen molar-refractivity contribution in [1.29, 1.82) is 0 Å². The summed E-state index contributed by atoms with van der Waals surface area (Å²) in [4.78, 5) is 14.3. The van der Waals surface area contributed by atoms with Crippen LogP contribution in [0.2, 0.25) is 0 Å². The Morgan fingerprint density at radius 1 is 1.21 bits per heavy atom. The van der Waals surface area contributed by atoms with Crippen molar-refractivity contribution in [2.45, 2.75) is 11.3 Å². The Hall–Kier alpha value is -2.78. The molecule has 9 heteroatoms. The molecule has 0 aromatic heterocycles. The molecular formula is C15H15N3O5S. The Kier molecular flexibility index (Phi) is 5.27. The van der Waals surface area contributed by atoms with Crippen LogP contribution in [-0.4, -0.2) is 31.2 Å². The lowest BCUT2D eigenvalue weighted by Crippen LogP contribution is -2.11. The van der Waals surface area contributed by atoms with E-state index in [0.29, 0.717) is 13.0 Å². The molecule has 0 fully saturated rings. The molecule has 2 aromatic rings. The Labute approximate surface area is 138 Å². The van der Waals surface area contributed by atoms with Gasteiger partial charge in [0, 0.05) is 30.5 Å². The Morgan fingerprint density at radius 3 is 2.46 bits per heavy atom. The molecule has 3 N–H and O–H groups in total. The van der Waals surface area contributed by atoms with Gasteiger partial charge in [-0.15, -0.1) is 0 Å². The van der Waals surface area contributed by atoms with Gasteiger partial charge in [0.2, 0.25) is 10.0 Å². The molecular weight excluding hydrogens is 334 g/mol. The maximum absolute atomic E-state index is 11.2. The van der Waals surface area contributed by atoms with E-state index in [1.54, 1.807) is 12.1 Å². The second-order valence-electron chi connectivity index (χ2n) is 4.97. The first kappa shape index (κ1) is 17.6. The van der Waals surface area contributed by atoms with Crippen LogP contribution in [0.1, 0.15) is 11.1 Å². The third-order valence-electron chi connectivity index (χ3n) is 3.23. The maximum atomic E-state index is 11.2. The SMILES string of the molecule is NS(=O)(=O)c1ccc(CCN=Cc2cc([N+](=O)[O-])ccc2O)cc1. The first-order valence-corrected chi connectivity index (χ1v) is 8.41. The predicted octanol–water partition coefficient (Wildman–Crippen LogP) is 1.61. The molecule has 0 saturated heterocycles. The fourth-order valence-corrected chi connectivity index (χ4v) is 2.48. The van der Waals surface area contributed by atoms with E-state index in [9.17, 15) is 23.6 Å². The van der Waals surface area contributed by atoms with Gasteiger partial charge in [-0.2, -0.15) is 0 Å². The van der Waals surface area contributed by atoms with Crippen molar-refractivity contribution < 1.29 is 18.4 Å². The number of aliphatic imine (C=N–C) groups is 1. The lowest BCUT2D eigenvalue weighted by molar-refractivity contribution is -0.384. The van der Waals surface area contributed by atoms with Gasteiger partial charge in [0.25, 0.3) is 5.69 Å². The summed E-state index contributed by atoms with van der Waals surface area (Å²) in [6.07, 6.45) is 1.90. The van der Waals surface area contributed by atoms with Gasteiger partial charge in [0.05, 0.1) is 9.82 Å². The minimum absolute atomic E-state index is 0.0382. The number of aromatic hydroxyl groups is 1. The molecule has 0 bridgehead atoms. The van der Waals surface area contributed by atoms with Crippen molar-refractivity contribution >= 4 is 21.9 Å². The molecule has 24 heavy (non-hydrogen) atoms. The fraction of sp³-hybridized carbons (Fsp3) is 0.133. The van der Waals surface area contributed by atoms with Crippen LogP contribution in [0.15, 0.2) is 52.4 Å². The highest BCUT2D eigenvalue weighted by Gasteiger charge is 2.09. The maximum Gasteiger partial charge on any atom is 0.270 e. The lowest BCUT2D eigenvalue weighted by Gasteiger charge is -2.01. The monoisotopic (exact) mass is 349 g/mol. The van der Waals surface area contributed by atoms with Crippen molar-refractivity contribution in [3.05, 3.63) is 63.7 Å². The van der Waals surface area contributed by atoms with Crippen molar-refractivity contribution in [2.24, 2.45) is 10.1 Å². The van der Waals surface area contributed by atoms with Gasteiger partial charge < -0.3 is 5.11 Å². The topological polar surface area (TPSA) is 136 Å². The number of non-ortho nitro benzene ring substituents is 1. The summed E-state index contributed by atoms with van der Waals surface area (Å²) in [6.45, 7) is 0.372. The van der Waals surface area contributed by atoms with E-state index >= 15 is 0 Å². The molecule has 0 amide bonds. The summed E-state index contributed by atoms with van der Waals surface area (Å²) in [6, 6.07) is 9.80. The molecule has 0 aliphatic rings. The molecule has 0 radical (unpaired) electrons. The fourth-order valence-electron chi connectivity index (χ4n) is 1.96. The minimum Gasteiger partial charge on any atom is -0.507 e. The van der Waals surface area contributed by atoms with Gasteiger partial charge in [0.1, 0.15) is 5.75 Å². The molecule has 8 nitrogen and oxygen atoms in total. The van der Waals surface area contributed by atoms with Crippen LogP contribution >= 0.6 is 0 Å². The zero-order valence-electron chi connectivity index (χ0n) is 12.5. The average molecular weight is 349 g/mol. The summed E-state index contributed by atoms with van der Waals surface area (Å²) in [7, 11) is -3.71. The number of primary sulfonamides is 1. The number of nitrogens with two attached hydrogens (primary N) is 1. The van der Waals surface area contributed by atoms with E-state index in [4.69, 9.17) is 5.14 Å². The standard InChI is InChI=1S/C15H15N3O5S/c16-24(22,23)14-4-1-11(2-5-14)7-8-17-10-12-9-13(18(20)21)3-6-15(12)19/h1-6,9-10,19H,7-8H2,(H2,16,22,23). The predicted molar refractivity (Wildman–Crippen MR) is 88.7 cm³/mol. The van der Waals surface area contributed by atoms with Gasteiger partial charge in [0.15, 0.2) is 0 Å². The second kappa shape index (κ2) is 7.20. The van der Waals surface area contributed by atoms with E-state index in [1.807, 2.05) is 0 Å². The van der Waals surface area contributed by atoms with Crippen molar-refractivity contribution in [3.63, 3.8) is 0 Å². The number of nitro groups is 1. The Balaban J connectivity index is 2.00. The second-order valence-corrected chi connectivity index (χ2v) is 6.54. The van der Waals surface area contributed by atoms with Crippen molar-refractivity contribution in [1.82, 2.24) is 0 Å². The summed E-state index contributed by atoms with van der Waals surface area (Å²) >= 11 is 0. The molecule has 0 unspecified atom stereocenters. The summed E-state index contributed by atoms with van der Waals surface area (Å²) in [5, 5.41) is 25.4. The normalized spacial score (nSPS) is 11.7. The number of sulfonamides is 1. The van der Waals surface area contributed by atoms with Gasteiger partial charge >= 0.3 is 0 Å². The summed E-state index contributed by atoms with van der Waals surface area (Å²) in [5.74, 6) is -0.0955. The van der Waals surface area contributed by atoms with E-state index in [2.05, 4.69) is 4.99 Å². The van der Waals surface area contributed by atoms with Gasteiger partial charge in [-0.05, 0) is 30.2 Å². The Bertz CT molecular complexity index is 876. The van der Waals surface area contributed by atoms with Crippen molar-refractivity contribution in [3.8, 4) is 5.75 Å². The third kappa shape index (κ3) is 4.61. The number of hydrogen-bond donors (Lipinski definition) is 2. The largest absolute Gasteiger partial charge is 0.507 e. The zero-order chi connectivity index (χ0) is 17.7. The molecule has 126 valence electrons. The quantitative estimate of drug-likeness (QED) is 0.464. The molecule has 0 aliphatic heterocycles. The Morgan fingerprint density at radius 2 is 1.88 bits per heavy atom. The average Bonchev–Trinajstić information content (AvgIpc) is 2.52. The van der Waals surface area contributed by atoms with E-state index in [1.165, 1.54) is 36.5 Å². The number of nitrogens with zero attached hydrogens (tertiary/aromatic N) is 2. The van der Waals surface area contributed by atoms with E-state index in [0.717, 1.165) is 5.56 Å². The van der Waals surface area contributed by atoms with Crippen LogP contribution in [0.25, 0.3) is 0 Å². The minimum atomic E-state index is -3.71. The highest BCUT2D eigenvalue weighted by molar-refractivity contribution is 7.89. The van der Waals surface area contributed by atoms with Gasteiger partial charge in [-0.25, -0.2) is 13.6 Å². The van der Waals surface area contributed by atoms with Crippen LogP contribution in [0.4, 0.5) is 5.69 Å². The highest BCUT2D eigenvalue weighted by Crippen LogP contribution is 2.21. The summed E-state index contributed by atoms with van der Waals surface area (Å²) < 4.78 is 22.3. The smallest absolute Gasteiger partial charge is 0.270 e. The van der Waals surface area contributed by atoms with E-state index in [-0.39, 0.29) is 21.9 Å². The number of benzene rings is 2. The van der Waals surface area contributed by atoms with Gasteiger partial charge in [-0.3, -0.25) is 15.1 Å². The van der Waals surface area contributed by atoms with Crippen LogP contribution in [0.3, 0.4) is 0 Å². The molecule has 0 saturated carbocycles. The molecule has 2 aromatic carbocycles. The summed E-state index contributed by atoms with van der Waals surface area (Å²) in [5.41, 5.74) is 0.990. The van der Waals surface area contributed by atoms with E-state index < -0.39 is 14.9 Å². The first-order valence-electron chi connectivity index (χ1n) is 6.86. The van der Waals surface area contributed by atoms with Crippen LogP contribution < -0.4 is 5.14 Å². The number of nitro benzene ring substituents is 1. The lowest BCUT2D eigenvalue weighted by atomic mass is 10.1. The molecule has 0 heterocycles. The number of hydrogen-bond acceptors (Lipinski definition) is 6. The molecule has 2 rings (SSSR count). The van der Waals surface area contributed by atoms with Crippen molar-refractivity contribution in [2.75, 3.05) is 6.54 Å². The molecule has 0 spiro atoms. The van der Waals surface area contributed by atoms with Crippen LogP contribution in [0, 0.1) is 10.1 Å². The number of rotatable bonds is 6. The number of phenols is 1. The molecule has 0 atom stereocenters. The molecule has 0 aliphatic carbocycles. The highest BCUT2D eigenvalue weighted by atomic mass is 32.2. The van der Waals surface area contributed by atoms with Crippen LogP contribution in [-0.2, 0) is 16.4 Å². The van der Waals surface area contributed by atoms with Gasteiger partial charge in [-0.1, -0.05) is 12.1 Å². The number of phenolic OH excluding ortho intramolecular Hbond substituents is 1.